The van der Waals surface area contributed by atoms with E-state index in [9.17, 15) is 9.90 Å². The first kappa shape index (κ1) is 11.9. The van der Waals surface area contributed by atoms with Crippen LogP contribution in [0.4, 0.5) is 0 Å². The summed E-state index contributed by atoms with van der Waals surface area (Å²) in [6.07, 6.45) is 3.29. The maximum Gasteiger partial charge on any atom is 0.325 e. The first-order chi connectivity index (χ1) is 7.64. The van der Waals surface area contributed by atoms with Crippen LogP contribution in [0.15, 0.2) is 0 Å². The summed E-state index contributed by atoms with van der Waals surface area (Å²) in [7, 11) is 0. The zero-order valence-corrected chi connectivity index (χ0v) is 10.3. The first-order valence-electron chi connectivity index (χ1n) is 6.36. The van der Waals surface area contributed by atoms with Gasteiger partial charge in [0.15, 0.2) is 0 Å². The van der Waals surface area contributed by atoms with Gasteiger partial charge in [0.25, 0.3) is 0 Å². The van der Waals surface area contributed by atoms with Crippen molar-refractivity contribution in [3.8, 4) is 0 Å². The lowest BCUT2D eigenvalue weighted by Crippen LogP contribution is -2.56. The van der Waals surface area contributed by atoms with Crippen LogP contribution < -0.4 is 0 Å². The molecule has 1 atom stereocenters. The van der Waals surface area contributed by atoms with Crippen molar-refractivity contribution in [2.45, 2.75) is 44.7 Å². The molecule has 4 nitrogen and oxygen atoms in total. The van der Waals surface area contributed by atoms with E-state index in [4.69, 9.17) is 0 Å². The van der Waals surface area contributed by atoms with Crippen molar-refractivity contribution >= 4 is 5.97 Å². The van der Waals surface area contributed by atoms with E-state index < -0.39 is 11.5 Å². The molecule has 1 aliphatic carbocycles. The van der Waals surface area contributed by atoms with Crippen LogP contribution in [-0.4, -0.2) is 58.6 Å². The van der Waals surface area contributed by atoms with Gasteiger partial charge in [-0.15, -0.1) is 0 Å². The lowest BCUT2D eigenvalue weighted by atomic mass is 9.96. The summed E-state index contributed by atoms with van der Waals surface area (Å²) in [5.74, 6) is -0.639. The Hall–Kier alpha value is -0.610. The minimum atomic E-state index is -0.639. The Kier molecular flexibility index (Phi) is 3.22. The highest BCUT2D eigenvalue weighted by atomic mass is 16.4. The molecular weight excluding hydrogens is 204 g/mol. The summed E-state index contributed by atoms with van der Waals surface area (Å²) < 4.78 is 0. The number of rotatable bonds is 5. The molecular formula is C12H22N2O2. The summed E-state index contributed by atoms with van der Waals surface area (Å²) in [4.78, 5) is 16.1. The summed E-state index contributed by atoms with van der Waals surface area (Å²) in [5, 5.41) is 9.55. The van der Waals surface area contributed by atoms with Crippen LogP contribution in [0.5, 0.6) is 0 Å². The molecule has 1 N–H and O–H groups in total. The fraction of sp³-hybridized carbons (Fsp3) is 0.917. The molecule has 2 aliphatic rings. The van der Waals surface area contributed by atoms with Gasteiger partial charge in [0.05, 0.1) is 0 Å². The predicted molar refractivity (Wildman–Crippen MR) is 62.5 cm³/mol. The summed E-state index contributed by atoms with van der Waals surface area (Å²) >= 11 is 0. The predicted octanol–water partition coefficient (Wildman–Crippen LogP) is 1.02. The summed E-state index contributed by atoms with van der Waals surface area (Å²) in [5.41, 5.74) is -0.619. The van der Waals surface area contributed by atoms with E-state index in [2.05, 4.69) is 9.80 Å². The third-order valence-electron chi connectivity index (χ3n) is 4.11. The number of hydrogen-bond acceptors (Lipinski definition) is 3. The molecule has 2 fully saturated rings. The second kappa shape index (κ2) is 4.34. The number of carboxylic acid groups (broad SMARTS) is 1. The zero-order valence-electron chi connectivity index (χ0n) is 10.3. The monoisotopic (exact) mass is 226 g/mol. The standard InChI is InChI=1S/C12H22N2O2/c1-3-14(4-2)12(11(15)16)7-8-13(9-12)10-5-6-10/h10H,3-9H2,1-2H3,(H,15,16). The zero-order chi connectivity index (χ0) is 11.8. The van der Waals surface area contributed by atoms with E-state index in [1.54, 1.807) is 0 Å². The SMILES string of the molecule is CCN(CC)C1(C(=O)O)CCN(C2CC2)C1. The molecule has 0 amide bonds. The van der Waals surface area contributed by atoms with Crippen LogP contribution in [0.1, 0.15) is 33.1 Å². The number of aliphatic carboxylic acids is 1. The number of hydrogen-bond donors (Lipinski definition) is 1. The van der Waals surface area contributed by atoms with Crippen LogP contribution in [0.25, 0.3) is 0 Å². The quantitative estimate of drug-likeness (QED) is 0.760. The number of nitrogens with zero attached hydrogens (tertiary/aromatic N) is 2. The van der Waals surface area contributed by atoms with E-state index in [1.807, 2.05) is 13.8 Å². The topological polar surface area (TPSA) is 43.8 Å². The second-order valence-electron chi connectivity index (χ2n) is 4.96. The van der Waals surface area contributed by atoms with Gasteiger partial charge < -0.3 is 5.11 Å². The Balaban J connectivity index is 2.13. The van der Waals surface area contributed by atoms with Gasteiger partial charge in [0.1, 0.15) is 5.54 Å². The van der Waals surface area contributed by atoms with E-state index in [1.165, 1.54) is 12.8 Å². The highest BCUT2D eigenvalue weighted by Gasteiger charge is 2.50. The number of carbonyl (C=O) groups is 1. The van der Waals surface area contributed by atoms with Gasteiger partial charge in [-0.05, 0) is 32.4 Å². The average molecular weight is 226 g/mol. The third kappa shape index (κ3) is 1.84. The fourth-order valence-electron chi connectivity index (χ4n) is 2.97. The molecule has 92 valence electrons. The van der Waals surface area contributed by atoms with Crippen LogP contribution in [0.3, 0.4) is 0 Å². The molecule has 1 saturated carbocycles. The number of likely N-dealkylation sites (tertiary alicyclic amines) is 1. The van der Waals surface area contributed by atoms with Crippen molar-refractivity contribution in [2.75, 3.05) is 26.2 Å². The van der Waals surface area contributed by atoms with E-state index >= 15 is 0 Å². The van der Waals surface area contributed by atoms with Crippen molar-refractivity contribution < 1.29 is 9.90 Å². The Labute approximate surface area is 97.2 Å². The summed E-state index contributed by atoms with van der Waals surface area (Å²) in [6, 6.07) is 0.678. The normalized spacial score (nSPS) is 31.2. The smallest absolute Gasteiger partial charge is 0.325 e. The van der Waals surface area contributed by atoms with E-state index in [0.29, 0.717) is 12.6 Å². The molecule has 16 heavy (non-hydrogen) atoms. The van der Waals surface area contributed by atoms with Crippen LogP contribution in [-0.2, 0) is 4.79 Å². The van der Waals surface area contributed by atoms with Gasteiger partial charge in [-0.3, -0.25) is 14.6 Å². The Morgan fingerprint density at radius 3 is 2.50 bits per heavy atom. The van der Waals surface area contributed by atoms with Crippen molar-refractivity contribution in [1.82, 2.24) is 9.80 Å². The Morgan fingerprint density at radius 1 is 1.44 bits per heavy atom. The number of carboxylic acids is 1. The molecule has 0 aromatic carbocycles. The number of likely N-dealkylation sites (N-methyl/N-ethyl adjacent to an activating group) is 1. The first-order valence-corrected chi connectivity index (χ1v) is 6.36. The largest absolute Gasteiger partial charge is 0.480 e. The molecule has 0 aromatic heterocycles. The molecule has 0 bridgehead atoms. The Bertz CT molecular complexity index is 274. The second-order valence-corrected chi connectivity index (χ2v) is 4.96. The van der Waals surface area contributed by atoms with Gasteiger partial charge in [-0.1, -0.05) is 13.8 Å². The van der Waals surface area contributed by atoms with Crippen molar-refractivity contribution in [1.29, 1.82) is 0 Å². The highest BCUT2D eigenvalue weighted by molar-refractivity contribution is 5.79. The molecule has 1 heterocycles. The fourth-order valence-corrected chi connectivity index (χ4v) is 2.97. The van der Waals surface area contributed by atoms with Crippen LogP contribution >= 0.6 is 0 Å². The van der Waals surface area contributed by atoms with Gasteiger partial charge in [-0.2, -0.15) is 0 Å². The van der Waals surface area contributed by atoms with E-state index in [0.717, 1.165) is 26.1 Å². The minimum absolute atomic E-state index is 0.619. The lowest BCUT2D eigenvalue weighted by Gasteiger charge is -2.36. The van der Waals surface area contributed by atoms with Crippen molar-refractivity contribution in [3.05, 3.63) is 0 Å². The molecule has 4 heteroatoms. The van der Waals surface area contributed by atoms with Gasteiger partial charge in [0.2, 0.25) is 0 Å². The molecule has 0 aromatic rings. The van der Waals surface area contributed by atoms with Crippen LogP contribution in [0, 0.1) is 0 Å². The molecule has 0 radical (unpaired) electrons. The molecule has 1 saturated heterocycles. The van der Waals surface area contributed by atoms with Crippen molar-refractivity contribution in [3.63, 3.8) is 0 Å². The maximum absolute atomic E-state index is 11.6. The molecule has 1 aliphatic heterocycles. The third-order valence-corrected chi connectivity index (χ3v) is 4.11. The van der Waals surface area contributed by atoms with Gasteiger partial charge >= 0.3 is 5.97 Å². The van der Waals surface area contributed by atoms with Gasteiger partial charge in [-0.25, -0.2) is 0 Å². The molecule has 1 unspecified atom stereocenters. The Morgan fingerprint density at radius 2 is 2.06 bits per heavy atom. The summed E-state index contributed by atoms with van der Waals surface area (Å²) in [6.45, 7) is 7.41. The highest BCUT2D eigenvalue weighted by Crippen LogP contribution is 2.36. The van der Waals surface area contributed by atoms with Gasteiger partial charge in [0, 0.05) is 19.1 Å². The molecule has 2 rings (SSSR count). The maximum atomic E-state index is 11.6. The lowest BCUT2D eigenvalue weighted by molar-refractivity contribution is -0.150. The van der Waals surface area contributed by atoms with Crippen molar-refractivity contribution in [2.24, 2.45) is 0 Å². The van der Waals surface area contributed by atoms with E-state index in [-0.39, 0.29) is 0 Å². The average Bonchev–Trinajstić information content (AvgIpc) is 3.01. The van der Waals surface area contributed by atoms with Crippen LogP contribution in [0.2, 0.25) is 0 Å². The molecule has 0 spiro atoms. The minimum Gasteiger partial charge on any atom is -0.480 e.